The van der Waals surface area contributed by atoms with Crippen molar-refractivity contribution < 1.29 is 18.7 Å². The highest BCUT2D eigenvalue weighted by Crippen LogP contribution is 2.20. The van der Waals surface area contributed by atoms with Crippen LogP contribution in [0.15, 0.2) is 30.5 Å². The number of amides is 2. The van der Waals surface area contributed by atoms with Gasteiger partial charge in [-0.2, -0.15) is 5.10 Å². The molecule has 1 atom stereocenters. The molecule has 1 aromatic heterocycles. The van der Waals surface area contributed by atoms with Crippen LogP contribution in [-0.2, 0) is 9.53 Å². The van der Waals surface area contributed by atoms with Crippen LogP contribution in [-0.4, -0.2) is 70.3 Å². The first-order chi connectivity index (χ1) is 13.6. The fourth-order valence-corrected chi connectivity index (χ4v) is 3.76. The Hall–Kier alpha value is -2.74. The van der Waals surface area contributed by atoms with Crippen molar-refractivity contribution in [2.75, 3.05) is 32.8 Å². The number of rotatable bonds is 3. The van der Waals surface area contributed by atoms with Crippen molar-refractivity contribution >= 4 is 11.8 Å². The minimum atomic E-state index is -0.394. The summed E-state index contributed by atoms with van der Waals surface area (Å²) in [6, 6.07) is 6.33. The monoisotopic (exact) mass is 386 g/mol. The summed E-state index contributed by atoms with van der Waals surface area (Å²) in [6.07, 6.45) is 2.84. The molecule has 2 amide bonds. The lowest BCUT2D eigenvalue weighted by Gasteiger charge is -2.35. The number of benzene rings is 1. The maximum absolute atomic E-state index is 14.1. The van der Waals surface area contributed by atoms with Gasteiger partial charge < -0.3 is 14.5 Å². The smallest absolute Gasteiger partial charge is 0.257 e. The van der Waals surface area contributed by atoms with Gasteiger partial charge in [0.25, 0.3) is 11.8 Å². The van der Waals surface area contributed by atoms with Crippen LogP contribution in [0.1, 0.15) is 28.9 Å². The molecule has 2 fully saturated rings. The summed E-state index contributed by atoms with van der Waals surface area (Å²) >= 11 is 0. The second-order valence-corrected chi connectivity index (χ2v) is 7.13. The maximum atomic E-state index is 14.1. The summed E-state index contributed by atoms with van der Waals surface area (Å²) in [5, 5.41) is 4.21. The predicted octanol–water partition coefficient (Wildman–Crippen LogP) is 1.78. The van der Waals surface area contributed by atoms with Crippen molar-refractivity contribution in [1.82, 2.24) is 19.6 Å². The SMILES string of the molecule is Cc1c(C(=O)N2CCN(C(=O)C3CCCO3)CC2)cnn1-c1ccccc1F. The van der Waals surface area contributed by atoms with Gasteiger partial charge in [0.1, 0.15) is 17.6 Å². The number of piperazine rings is 1. The third kappa shape index (κ3) is 3.40. The molecule has 2 aromatic rings. The van der Waals surface area contributed by atoms with Crippen molar-refractivity contribution in [3.8, 4) is 5.69 Å². The van der Waals surface area contributed by atoms with Gasteiger partial charge in [0.15, 0.2) is 0 Å². The molecule has 148 valence electrons. The summed E-state index contributed by atoms with van der Waals surface area (Å²) in [4.78, 5) is 28.9. The standard InChI is InChI=1S/C20H23FN4O3/c1-14-15(13-22-25(14)17-6-3-2-5-16(17)21)19(26)23-8-10-24(11-9-23)20(27)18-7-4-12-28-18/h2-3,5-6,13,18H,4,7-12H2,1H3. The van der Waals surface area contributed by atoms with Gasteiger partial charge >= 0.3 is 0 Å². The molecule has 8 heteroatoms. The van der Waals surface area contributed by atoms with Crippen LogP contribution in [0.2, 0.25) is 0 Å². The zero-order valence-electron chi connectivity index (χ0n) is 15.8. The topological polar surface area (TPSA) is 67.7 Å². The summed E-state index contributed by atoms with van der Waals surface area (Å²) in [6.45, 7) is 4.29. The van der Waals surface area contributed by atoms with Gasteiger partial charge in [0.2, 0.25) is 0 Å². The molecule has 3 heterocycles. The number of carbonyl (C=O) groups excluding carboxylic acids is 2. The van der Waals surface area contributed by atoms with Crippen molar-refractivity contribution in [3.05, 3.63) is 47.5 Å². The lowest BCUT2D eigenvalue weighted by atomic mass is 10.1. The minimum absolute atomic E-state index is 0.0214. The lowest BCUT2D eigenvalue weighted by molar-refractivity contribution is -0.142. The third-order valence-electron chi connectivity index (χ3n) is 5.40. The van der Waals surface area contributed by atoms with Crippen LogP contribution in [0, 0.1) is 12.7 Å². The van der Waals surface area contributed by atoms with E-state index in [1.165, 1.54) is 16.9 Å². The number of hydrogen-bond donors (Lipinski definition) is 0. The van der Waals surface area contributed by atoms with Gasteiger partial charge in [-0.25, -0.2) is 9.07 Å². The Morgan fingerprint density at radius 3 is 2.54 bits per heavy atom. The van der Waals surface area contributed by atoms with E-state index in [9.17, 15) is 14.0 Å². The van der Waals surface area contributed by atoms with E-state index in [-0.39, 0.29) is 17.9 Å². The molecule has 0 radical (unpaired) electrons. The number of ether oxygens (including phenoxy) is 1. The number of halogens is 1. The van der Waals surface area contributed by atoms with Gasteiger partial charge in [-0.3, -0.25) is 9.59 Å². The fourth-order valence-electron chi connectivity index (χ4n) is 3.76. The quantitative estimate of drug-likeness (QED) is 0.807. The molecule has 0 saturated carbocycles. The molecule has 0 spiro atoms. The average molecular weight is 386 g/mol. The Labute approximate surface area is 162 Å². The largest absolute Gasteiger partial charge is 0.368 e. The summed E-state index contributed by atoms with van der Waals surface area (Å²) in [5.41, 5.74) is 1.35. The Balaban J connectivity index is 1.43. The number of para-hydroxylation sites is 1. The Morgan fingerprint density at radius 1 is 1.14 bits per heavy atom. The van der Waals surface area contributed by atoms with Crippen LogP contribution < -0.4 is 0 Å². The minimum Gasteiger partial charge on any atom is -0.368 e. The van der Waals surface area contributed by atoms with E-state index in [1.807, 2.05) is 0 Å². The molecular weight excluding hydrogens is 363 g/mol. The molecular formula is C20H23FN4O3. The fraction of sp³-hybridized carbons (Fsp3) is 0.450. The Morgan fingerprint density at radius 2 is 1.86 bits per heavy atom. The normalized spacial score (nSPS) is 19.9. The highest BCUT2D eigenvalue weighted by molar-refractivity contribution is 5.95. The zero-order chi connectivity index (χ0) is 19.7. The summed E-state index contributed by atoms with van der Waals surface area (Å²) in [7, 11) is 0. The zero-order valence-corrected chi connectivity index (χ0v) is 15.8. The molecule has 7 nitrogen and oxygen atoms in total. The highest BCUT2D eigenvalue weighted by Gasteiger charge is 2.32. The second-order valence-electron chi connectivity index (χ2n) is 7.13. The van der Waals surface area contributed by atoms with E-state index >= 15 is 0 Å². The van der Waals surface area contributed by atoms with Gasteiger partial charge in [0.05, 0.1) is 17.5 Å². The van der Waals surface area contributed by atoms with Crippen LogP contribution in [0.4, 0.5) is 4.39 Å². The van der Waals surface area contributed by atoms with Crippen molar-refractivity contribution in [2.24, 2.45) is 0 Å². The Kier molecular flexibility index (Phi) is 5.13. The van der Waals surface area contributed by atoms with Crippen LogP contribution in [0.3, 0.4) is 0 Å². The van der Waals surface area contributed by atoms with Crippen molar-refractivity contribution in [1.29, 1.82) is 0 Å². The van der Waals surface area contributed by atoms with E-state index in [2.05, 4.69) is 5.10 Å². The molecule has 2 saturated heterocycles. The van der Waals surface area contributed by atoms with Crippen LogP contribution >= 0.6 is 0 Å². The average Bonchev–Trinajstić information content (AvgIpc) is 3.38. The molecule has 1 aromatic carbocycles. The first kappa shape index (κ1) is 18.6. The van der Waals surface area contributed by atoms with Gasteiger partial charge in [0, 0.05) is 32.8 Å². The van der Waals surface area contributed by atoms with E-state index < -0.39 is 5.82 Å². The van der Waals surface area contributed by atoms with Gasteiger partial charge in [-0.05, 0) is 31.9 Å². The second kappa shape index (κ2) is 7.71. The highest BCUT2D eigenvalue weighted by atomic mass is 19.1. The molecule has 28 heavy (non-hydrogen) atoms. The van der Waals surface area contributed by atoms with Gasteiger partial charge in [-0.1, -0.05) is 12.1 Å². The first-order valence-electron chi connectivity index (χ1n) is 9.55. The molecule has 1 unspecified atom stereocenters. The Bertz CT molecular complexity index is 883. The van der Waals surface area contributed by atoms with E-state index in [4.69, 9.17) is 4.74 Å². The van der Waals surface area contributed by atoms with Crippen molar-refractivity contribution in [3.63, 3.8) is 0 Å². The van der Waals surface area contributed by atoms with Crippen molar-refractivity contribution in [2.45, 2.75) is 25.9 Å². The molecule has 2 aliphatic rings. The molecule has 2 aliphatic heterocycles. The van der Waals surface area contributed by atoms with E-state index in [0.29, 0.717) is 49.7 Å². The number of aromatic nitrogens is 2. The maximum Gasteiger partial charge on any atom is 0.257 e. The molecule has 0 N–H and O–H groups in total. The predicted molar refractivity (Wildman–Crippen MR) is 99.7 cm³/mol. The number of carbonyl (C=O) groups is 2. The third-order valence-corrected chi connectivity index (χ3v) is 5.40. The molecule has 0 bridgehead atoms. The van der Waals surface area contributed by atoms with Gasteiger partial charge in [-0.15, -0.1) is 0 Å². The number of nitrogens with zero attached hydrogens (tertiary/aromatic N) is 4. The lowest BCUT2D eigenvalue weighted by Crippen LogP contribution is -2.52. The van der Waals surface area contributed by atoms with E-state index in [1.54, 1.807) is 34.9 Å². The summed E-state index contributed by atoms with van der Waals surface area (Å²) in [5.74, 6) is -0.522. The first-order valence-corrected chi connectivity index (χ1v) is 9.55. The van der Waals surface area contributed by atoms with Crippen LogP contribution in [0.25, 0.3) is 5.69 Å². The van der Waals surface area contributed by atoms with E-state index in [0.717, 1.165) is 12.8 Å². The molecule has 4 rings (SSSR count). The molecule has 0 aliphatic carbocycles. The summed E-state index contributed by atoms with van der Waals surface area (Å²) < 4.78 is 21.0. The van der Waals surface area contributed by atoms with Crippen LogP contribution in [0.5, 0.6) is 0 Å². The number of hydrogen-bond acceptors (Lipinski definition) is 4.